The minimum Gasteiger partial charge on any atom is -0.319 e. The van der Waals surface area contributed by atoms with Crippen LogP contribution in [-0.4, -0.2) is 32.7 Å². The lowest BCUT2D eigenvalue weighted by Gasteiger charge is -2.00. The number of hydrogen-bond acceptors (Lipinski definition) is 4. The van der Waals surface area contributed by atoms with Crippen molar-refractivity contribution in [3.05, 3.63) is 26.7 Å². The SMILES string of the molecule is CC#CCn1c(C#CCCNC)nc2c1c(=O)[nH]c(=O)n2C. The van der Waals surface area contributed by atoms with Crippen LogP contribution >= 0.6 is 0 Å². The number of aromatic nitrogens is 4. The van der Waals surface area contributed by atoms with E-state index in [9.17, 15) is 9.59 Å². The number of fused-ring (bicyclic) bond motifs is 1. The number of rotatable bonds is 3. The topological polar surface area (TPSA) is 84.7 Å². The summed E-state index contributed by atoms with van der Waals surface area (Å²) in [6, 6.07) is 0. The Labute approximate surface area is 127 Å². The average molecular weight is 299 g/mol. The second-order valence-corrected chi connectivity index (χ2v) is 4.59. The minimum absolute atomic E-state index is 0.296. The number of nitrogens with one attached hydrogen (secondary N) is 2. The lowest BCUT2D eigenvalue weighted by Crippen LogP contribution is -2.29. The van der Waals surface area contributed by atoms with Crippen LogP contribution in [0.25, 0.3) is 11.2 Å². The molecule has 0 fully saturated rings. The van der Waals surface area contributed by atoms with Crippen LogP contribution in [0.1, 0.15) is 19.2 Å². The van der Waals surface area contributed by atoms with E-state index in [1.54, 1.807) is 18.5 Å². The molecule has 0 aliphatic rings. The largest absolute Gasteiger partial charge is 0.329 e. The van der Waals surface area contributed by atoms with Gasteiger partial charge in [-0.2, -0.15) is 0 Å². The maximum Gasteiger partial charge on any atom is 0.329 e. The fourth-order valence-electron chi connectivity index (χ4n) is 1.97. The third kappa shape index (κ3) is 2.95. The van der Waals surface area contributed by atoms with Gasteiger partial charge in [0.1, 0.15) is 0 Å². The smallest absolute Gasteiger partial charge is 0.319 e. The van der Waals surface area contributed by atoms with E-state index in [4.69, 9.17) is 0 Å². The highest BCUT2D eigenvalue weighted by molar-refractivity contribution is 5.72. The zero-order valence-corrected chi connectivity index (χ0v) is 12.8. The van der Waals surface area contributed by atoms with E-state index in [-0.39, 0.29) is 0 Å². The van der Waals surface area contributed by atoms with Gasteiger partial charge in [0.25, 0.3) is 5.56 Å². The second kappa shape index (κ2) is 6.79. The number of nitrogens with zero attached hydrogens (tertiary/aromatic N) is 3. The summed E-state index contributed by atoms with van der Waals surface area (Å²) in [5, 5.41) is 3.00. The van der Waals surface area contributed by atoms with E-state index in [1.807, 2.05) is 7.05 Å². The molecule has 0 spiro atoms. The van der Waals surface area contributed by atoms with Crippen molar-refractivity contribution in [1.29, 1.82) is 0 Å². The molecule has 114 valence electrons. The maximum atomic E-state index is 12.1. The second-order valence-electron chi connectivity index (χ2n) is 4.59. The Morgan fingerprint density at radius 1 is 1.32 bits per heavy atom. The lowest BCUT2D eigenvalue weighted by molar-refractivity contribution is 0.815. The average Bonchev–Trinajstić information content (AvgIpc) is 2.86. The minimum atomic E-state index is -0.501. The summed E-state index contributed by atoms with van der Waals surface area (Å²) in [5.74, 6) is 12.0. The molecule has 0 atom stereocenters. The van der Waals surface area contributed by atoms with Gasteiger partial charge in [-0.05, 0) is 19.9 Å². The fraction of sp³-hybridized carbons (Fsp3) is 0.400. The molecule has 0 radical (unpaired) electrons. The Hall–Kier alpha value is -2.77. The third-order valence-electron chi connectivity index (χ3n) is 3.12. The quantitative estimate of drug-likeness (QED) is 0.586. The summed E-state index contributed by atoms with van der Waals surface area (Å²) < 4.78 is 2.93. The van der Waals surface area contributed by atoms with Crippen LogP contribution in [0.4, 0.5) is 0 Å². The summed E-state index contributed by atoms with van der Waals surface area (Å²) in [7, 11) is 3.41. The molecule has 2 aromatic heterocycles. The molecule has 22 heavy (non-hydrogen) atoms. The molecule has 0 saturated carbocycles. The Balaban J connectivity index is 2.67. The molecule has 0 aromatic carbocycles. The van der Waals surface area contributed by atoms with Gasteiger partial charge in [0.05, 0.1) is 6.54 Å². The van der Waals surface area contributed by atoms with E-state index in [2.05, 4.69) is 39.0 Å². The van der Waals surface area contributed by atoms with Gasteiger partial charge in [0, 0.05) is 20.0 Å². The Bertz CT molecular complexity index is 925. The molecule has 7 heteroatoms. The van der Waals surface area contributed by atoms with Gasteiger partial charge in [-0.1, -0.05) is 11.8 Å². The Morgan fingerprint density at radius 3 is 2.77 bits per heavy atom. The first-order valence-corrected chi connectivity index (χ1v) is 6.82. The van der Waals surface area contributed by atoms with Crippen LogP contribution in [0.15, 0.2) is 9.59 Å². The van der Waals surface area contributed by atoms with Crippen molar-refractivity contribution in [2.45, 2.75) is 19.9 Å². The molecule has 0 bridgehead atoms. The van der Waals surface area contributed by atoms with Gasteiger partial charge in [-0.3, -0.25) is 18.9 Å². The predicted molar refractivity (Wildman–Crippen MR) is 84.5 cm³/mol. The standard InChI is InChI=1S/C15H17N5O2/c1-4-5-10-20-11(8-6-7-9-16-2)17-13-12(20)14(21)18-15(22)19(13)3/h16H,7,9-10H2,1-3H3,(H,18,21,22). The predicted octanol–water partition coefficient (Wildman–Crippen LogP) is -0.592. The van der Waals surface area contributed by atoms with Gasteiger partial charge < -0.3 is 5.32 Å². The number of hydrogen-bond donors (Lipinski definition) is 2. The molecule has 7 nitrogen and oxygen atoms in total. The van der Waals surface area contributed by atoms with Crippen molar-refractivity contribution in [2.75, 3.05) is 13.6 Å². The van der Waals surface area contributed by atoms with E-state index in [0.717, 1.165) is 6.54 Å². The molecular weight excluding hydrogens is 282 g/mol. The zero-order valence-electron chi connectivity index (χ0n) is 12.8. The normalized spacial score (nSPS) is 9.95. The molecule has 0 saturated heterocycles. The molecule has 0 aliphatic heterocycles. The maximum absolute atomic E-state index is 12.1. The van der Waals surface area contributed by atoms with Crippen LogP contribution in [0.2, 0.25) is 0 Å². The molecule has 0 amide bonds. The van der Waals surface area contributed by atoms with E-state index in [1.165, 1.54) is 4.57 Å². The van der Waals surface area contributed by atoms with Crippen LogP contribution in [0, 0.1) is 23.7 Å². The van der Waals surface area contributed by atoms with Crippen LogP contribution < -0.4 is 16.6 Å². The molecule has 2 aromatic rings. The highest BCUT2D eigenvalue weighted by atomic mass is 16.2. The van der Waals surface area contributed by atoms with Crippen molar-refractivity contribution in [2.24, 2.45) is 7.05 Å². The first-order chi connectivity index (χ1) is 10.6. The summed E-state index contributed by atoms with van der Waals surface area (Å²) in [6.07, 6.45) is 0.661. The monoisotopic (exact) mass is 299 g/mol. The van der Waals surface area contributed by atoms with Crippen molar-refractivity contribution >= 4 is 11.2 Å². The lowest BCUT2D eigenvalue weighted by atomic mass is 10.4. The summed E-state index contributed by atoms with van der Waals surface area (Å²) in [4.78, 5) is 30.4. The van der Waals surface area contributed by atoms with E-state index in [0.29, 0.717) is 30.0 Å². The Kier molecular flexibility index (Phi) is 4.82. The first kappa shape index (κ1) is 15.6. The molecule has 0 aliphatic carbocycles. The molecule has 0 unspecified atom stereocenters. The van der Waals surface area contributed by atoms with E-state index >= 15 is 0 Å². The number of imidazole rings is 1. The van der Waals surface area contributed by atoms with Crippen LogP contribution in [0.3, 0.4) is 0 Å². The van der Waals surface area contributed by atoms with Crippen molar-refractivity contribution in [3.8, 4) is 23.7 Å². The molecule has 2 heterocycles. The van der Waals surface area contributed by atoms with Crippen molar-refractivity contribution < 1.29 is 0 Å². The summed E-state index contributed by atoms with van der Waals surface area (Å²) in [6.45, 7) is 2.78. The fourth-order valence-corrected chi connectivity index (χ4v) is 1.97. The molecular formula is C15H17N5O2. The summed E-state index contributed by atoms with van der Waals surface area (Å²) in [5.41, 5.74) is -0.363. The molecule has 2 N–H and O–H groups in total. The zero-order chi connectivity index (χ0) is 16.1. The first-order valence-electron chi connectivity index (χ1n) is 6.82. The Morgan fingerprint density at radius 2 is 2.09 bits per heavy atom. The highest BCUT2D eigenvalue weighted by Crippen LogP contribution is 2.09. The van der Waals surface area contributed by atoms with E-state index < -0.39 is 11.2 Å². The number of aromatic amines is 1. The van der Waals surface area contributed by atoms with Gasteiger partial charge in [0.15, 0.2) is 17.0 Å². The number of H-pyrrole nitrogens is 1. The summed E-state index contributed by atoms with van der Waals surface area (Å²) >= 11 is 0. The van der Waals surface area contributed by atoms with Gasteiger partial charge >= 0.3 is 5.69 Å². The highest BCUT2D eigenvalue weighted by Gasteiger charge is 2.15. The number of aryl methyl sites for hydroxylation is 1. The van der Waals surface area contributed by atoms with Crippen molar-refractivity contribution in [1.82, 2.24) is 24.4 Å². The van der Waals surface area contributed by atoms with Gasteiger partial charge in [-0.15, -0.1) is 5.92 Å². The third-order valence-corrected chi connectivity index (χ3v) is 3.12. The van der Waals surface area contributed by atoms with Crippen LogP contribution in [0.5, 0.6) is 0 Å². The van der Waals surface area contributed by atoms with Crippen molar-refractivity contribution in [3.63, 3.8) is 0 Å². The van der Waals surface area contributed by atoms with Gasteiger partial charge in [0.2, 0.25) is 0 Å². The van der Waals surface area contributed by atoms with Crippen LogP contribution in [-0.2, 0) is 13.6 Å². The van der Waals surface area contributed by atoms with Gasteiger partial charge in [-0.25, -0.2) is 9.78 Å². The molecule has 2 rings (SSSR count).